The number of pyridine rings is 1. The number of nitrogens with zero attached hydrogens (tertiary/aromatic N) is 3. The number of hydrogen-bond donors (Lipinski definition) is 1. The monoisotopic (exact) mass is 278 g/mol. The van der Waals surface area contributed by atoms with Gasteiger partial charge in [0.05, 0.1) is 4.92 Å². The summed E-state index contributed by atoms with van der Waals surface area (Å²) < 4.78 is 0. The minimum atomic E-state index is -0.600. The molecule has 7 heteroatoms. The summed E-state index contributed by atoms with van der Waals surface area (Å²) in [7, 11) is 0. The Morgan fingerprint density at radius 2 is 2.30 bits per heavy atom. The van der Waals surface area contributed by atoms with E-state index in [9.17, 15) is 14.9 Å². The van der Waals surface area contributed by atoms with Crippen LogP contribution in [0.15, 0.2) is 12.3 Å². The fourth-order valence-corrected chi connectivity index (χ4v) is 2.29. The lowest BCUT2D eigenvalue weighted by Gasteiger charge is -2.31. The van der Waals surface area contributed by atoms with Gasteiger partial charge in [0, 0.05) is 13.1 Å². The number of hydrogen-bond acceptors (Lipinski definition) is 5. The predicted octanol–water partition coefficient (Wildman–Crippen LogP) is 1.83. The Morgan fingerprint density at radius 3 is 2.80 bits per heavy atom. The van der Waals surface area contributed by atoms with Gasteiger partial charge < -0.3 is 10.6 Å². The summed E-state index contributed by atoms with van der Waals surface area (Å²) in [6, 6.07) is 1.28. The normalized spacial score (nSPS) is 14.7. The van der Waals surface area contributed by atoms with Gasteiger partial charge >= 0.3 is 0 Å². The van der Waals surface area contributed by atoms with Crippen LogP contribution >= 0.6 is 0 Å². The van der Waals surface area contributed by atoms with E-state index >= 15 is 0 Å². The highest BCUT2D eigenvalue weighted by atomic mass is 16.6. The molecular formula is C13H18N4O3. The third kappa shape index (κ3) is 2.87. The first-order valence-corrected chi connectivity index (χ1v) is 6.72. The Balaban J connectivity index is 2.25. The average Bonchev–Trinajstić information content (AvgIpc) is 2.36. The molecule has 2 rings (SSSR count). The Morgan fingerprint density at radius 1 is 1.60 bits per heavy atom. The second kappa shape index (κ2) is 5.85. The van der Waals surface area contributed by atoms with Crippen molar-refractivity contribution in [2.45, 2.75) is 26.2 Å². The van der Waals surface area contributed by atoms with E-state index in [0.717, 1.165) is 19.0 Å². The molecule has 1 saturated carbocycles. The van der Waals surface area contributed by atoms with Crippen LogP contribution in [-0.2, 0) is 0 Å². The third-order valence-corrected chi connectivity index (χ3v) is 3.70. The van der Waals surface area contributed by atoms with Crippen molar-refractivity contribution in [3.8, 4) is 0 Å². The fourth-order valence-electron chi connectivity index (χ4n) is 2.29. The smallest absolute Gasteiger partial charge is 0.300 e. The van der Waals surface area contributed by atoms with Gasteiger partial charge in [0.25, 0.3) is 11.6 Å². The molecule has 1 aromatic heterocycles. The van der Waals surface area contributed by atoms with E-state index in [2.05, 4.69) is 4.98 Å². The van der Waals surface area contributed by atoms with Crippen LogP contribution in [0.4, 0.5) is 11.5 Å². The summed E-state index contributed by atoms with van der Waals surface area (Å²) in [5.74, 6) is 0.274. The Labute approximate surface area is 116 Å². The number of nitro groups is 1. The van der Waals surface area contributed by atoms with Gasteiger partial charge in [-0.05, 0) is 31.7 Å². The number of carbonyl (C=O) groups is 1. The number of nitrogens with two attached hydrogens (primary N) is 1. The van der Waals surface area contributed by atoms with Crippen LogP contribution in [0, 0.1) is 16.0 Å². The minimum Gasteiger partial charge on any atom is -0.384 e. The zero-order chi connectivity index (χ0) is 14.7. The van der Waals surface area contributed by atoms with E-state index in [4.69, 9.17) is 5.73 Å². The number of aromatic nitrogens is 1. The maximum absolute atomic E-state index is 12.5. The minimum absolute atomic E-state index is 0.0173. The molecule has 20 heavy (non-hydrogen) atoms. The summed E-state index contributed by atoms with van der Waals surface area (Å²) in [6.07, 6.45) is 4.47. The van der Waals surface area contributed by atoms with Crippen LogP contribution < -0.4 is 5.73 Å². The van der Waals surface area contributed by atoms with Gasteiger partial charge in [-0.1, -0.05) is 6.42 Å². The van der Waals surface area contributed by atoms with Crippen molar-refractivity contribution in [2.75, 3.05) is 18.8 Å². The Bertz CT molecular complexity index is 528. The van der Waals surface area contributed by atoms with Crippen LogP contribution in [0.3, 0.4) is 0 Å². The summed E-state index contributed by atoms with van der Waals surface area (Å²) in [5, 5.41) is 11.0. The molecule has 1 heterocycles. The van der Waals surface area contributed by atoms with Gasteiger partial charge in [0.2, 0.25) is 0 Å². The van der Waals surface area contributed by atoms with Crippen LogP contribution in [0.1, 0.15) is 36.5 Å². The van der Waals surface area contributed by atoms with Crippen molar-refractivity contribution >= 4 is 17.4 Å². The van der Waals surface area contributed by atoms with Gasteiger partial charge in [-0.25, -0.2) is 4.98 Å². The highest BCUT2D eigenvalue weighted by Gasteiger charge is 2.28. The van der Waals surface area contributed by atoms with Crippen LogP contribution in [0.25, 0.3) is 0 Å². The summed E-state index contributed by atoms with van der Waals surface area (Å²) >= 11 is 0. The summed E-state index contributed by atoms with van der Waals surface area (Å²) in [5.41, 5.74) is 5.26. The Kier molecular flexibility index (Phi) is 4.16. The first-order chi connectivity index (χ1) is 9.52. The van der Waals surface area contributed by atoms with E-state index in [1.807, 2.05) is 6.92 Å². The molecule has 0 spiro atoms. The second-order valence-corrected chi connectivity index (χ2v) is 5.02. The second-order valence-electron chi connectivity index (χ2n) is 5.02. The van der Waals surface area contributed by atoms with Gasteiger partial charge in [0.1, 0.15) is 17.6 Å². The van der Waals surface area contributed by atoms with Gasteiger partial charge in [-0.2, -0.15) is 0 Å². The lowest BCUT2D eigenvalue weighted by molar-refractivity contribution is -0.385. The SMILES string of the molecule is CCN(CC1CCC1)C(=O)c1cc(N)ncc1[N+](=O)[O-]. The highest BCUT2D eigenvalue weighted by Crippen LogP contribution is 2.28. The van der Waals surface area contributed by atoms with Crippen molar-refractivity contribution in [1.29, 1.82) is 0 Å². The molecule has 0 aliphatic heterocycles. The molecule has 1 aliphatic carbocycles. The molecule has 0 radical (unpaired) electrons. The molecule has 1 aromatic rings. The topological polar surface area (TPSA) is 102 Å². The lowest BCUT2D eigenvalue weighted by Crippen LogP contribution is -2.37. The first kappa shape index (κ1) is 14.2. The lowest BCUT2D eigenvalue weighted by atomic mass is 9.85. The van der Waals surface area contributed by atoms with E-state index in [1.54, 1.807) is 4.90 Å². The average molecular weight is 278 g/mol. The van der Waals surface area contributed by atoms with E-state index < -0.39 is 4.92 Å². The molecule has 0 aromatic carbocycles. The molecule has 0 unspecified atom stereocenters. The maximum Gasteiger partial charge on any atom is 0.300 e. The van der Waals surface area contributed by atoms with Gasteiger partial charge in [-0.3, -0.25) is 14.9 Å². The molecule has 1 aliphatic rings. The molecule has 108 valence electrons. The number of rotatable bonds is 5. The molecule has 7 nitrogen and oxygen atoms in total. The zero-order valence-corrected chi connectivity index (χ0v) is 11.4. The van der Waals surface area contributed by atoms with Crippen molar-refractivity contribution in [1.82, 2.24) is 9.88 Å². The molecule has 2 N–H and O–H groups in total. The van der Waals surface area contributed by atoms with E-state index in [-0.39, 0.29) is 23.0 Å². The van der Waals surface area contributed by atoms with Crippen molar-refractivity contribution in [2.24, 2.45) is 5.92 Å². The molecule has 0 bridgehead atoms. The quantitative estimate of drug-likeness (QED) is 0.654. The van der Waals surface area contributed by atoms with Crippen molar-refractivity contribution < 1.29 is 9.72 Å². The molecule has 0 atom stereocenters. The molecule has 1 fully saturated rings. The van der Waals surface area contributed by atoms with Crippen molar-refractivity contribution in [3.63, 3.8) is 0 Å². The van der Waals surface area contributed by atoms with Crippen LogP contribution in [-0.4, -0.2) is 33.8 Å². The maximum atomic E-state index is 12.5. The summed E-state index contributed by atoms with van der Waals surface area (Å²) in [6.45, 7) is 3.04. The standard InChI is InChI=1S/C13H18N4O3/c1-2-16(8-9-4-3-5-9)13(18)10-6-12(14)15-7-11(10)17(19)20/h6-7,9H,2-5,8H2,1H3,(H2,14,15). The third-order valence-electron chi connectivity index (χ3n) is 3.70. The van der Waals surface area contributed by atoms with E-state index in [0.29, 0.717) is 19.0 Å². The molecule has 0 saturated heterocycles. The largest absolute Gasteiger partial charge is 0.384 e. The fraction of sp³-hybridized carbons (Fsp3) is 0.538. The van der Waals surface area contributed by atoms with Crippen LogP contribution in [0.2, 0.25) is 0 Å². The molecular weight excluding hydrogens is 260 g/mol. The van der Waals surface area contributed by atoms with Crippen LogP contribution in [0.5, 0.6) is 0 Å². The highest BCUT2D eigenvalue weighted by molar-refractivity contribution is 5.98. The van der Waals surface area contributed by atoms with Gasteiger partial charge in [-0.15, -0.1) is 0 Å². The predicted molar refractivity (Wildman–Crippen MR) is 74.2 cm³/mol. The number of amides is 1. The summed E-state index contributed by atoms with van der Waals surface area (Å²) in [4.78, 5) is 28.2. The Hall–Kier alpha value is -2.18. The number of nitrogen functional groups attached to an aromatic ring is 1. The van der Waals surface area contributed by atoms with Crippen molar-refractivity contribution in [3.05, 3.63) is 27.9 Å². The van der Waals surface area contributed by atoms with E-state index in [1.165, 1.54) is 12.5 Å². The number of anilines is 1. The van der Waals surface area contributed by atoms with Gasteiger partial charge in [0.15, 0.2) is 0 Å². The zero-order valence-electron chi connectivity index (χ0n) is 11.4. The molecule has 1 amide bonds. The first-order valence-electron chi connectivity index (χ1n) is 6.72. The number of carbonyl (C=O) groups excluding carboxylic acids is 1.